The SMILES string of the molecule is COC(=O)N[C@H]1C=CC2=C(C1)NCCC[C@H](C)CCC[C@H](NC(=O)C1=C(C)N(C3CC=CC(Cl)=C3F)NN1C)c1cc2ccn1. The number of hydrazine groups is 2. The van der Waals surface area contributed by atoms with Gasteiger partial charge in [-0.3, -0.25) is 19.8 Å². The van der Waals surface area contributed by atoms with Gasteiger partial charge < -0.3 is 20.7 Å². The number of rotatable bonds is 4. The van der Waals surface area contributed by atoms with E-state index >= 15 is 0 Å². The molecule has 1 unspecified atom stereocenters. The summed E-state index contributed by atoms with van der Waals surface area (Å²) in [7, 11) is 3.10. The first-order valence-corrected chi connectivity index (χ1v) is 16.0. The van der Waals surface area contributed by atoms with Crippen LogP contribution >= 0.6 is 11.6 Å². The Balaban J connectivity index is 1.42. The number of amides is 2. The zero-order valence-corrected chi connectivity index (χ0v) is 27.1. The number of pyridine rings is 1. The number of carbonyl (C=O) groups is 2. The average molecular weight is 640 g/mol. The lowest BCUT2D eigenvalue weighted by atomic mass is 9.91. The van der Waals surface area contributed by atoms with Crippen LogP contribution in [-0.2, 0) is 9.53 Å². The number of halogens is 2. The Kier molecular flexibility index (Phi) is 10.5. The molecular formula is C33H43ClFN7O3. The fourth-order valence-electron chi connectivity index (χ4n) is 6.41. The third-order valence-electron chi connectivity index (χ3n) is 8.86. The number of allylic oxidation sites excluding steroid dienone is 5. The maximum Gasteiger partial charge on any atom is 0.407 e. The summed E-state index contributed by atoms with van der Waals surface area (Å²) in [6.45, 7) is 4.91. The highest BCUT2D eigenvalue weighted by Crippen LogP contribution is 2.33. The molecule has 2 aliphatic heterocycles. The van der Waals surface area contributed by atoms with Crippen molar-refractivity contribution >= 4 is 29.2 Å². The van der Waals surface area contributed by atoms with Crippen molar-refractivity contribution in [3.63, 3.8) is 0 Å². The molecule has 2 aliphatic carbocycles. The molecule has 2 bridgehead atoms. The molecule has 10 nitrogen and oxygen atoms in total. The molecule has 1 aromatic rings. The van der Waals surface area contributed by atoms with Gasteiger partial charge in [0.1, 0.15) is 17.6 Å². The Morgan fingerprint density at radius 3 is 2.78 bits per heavy atom. The molecule has 45 heavy (non-hydrogen) atoms. The van der Waals surface area contributed by atoms with Gasteiger partial charge in [-0.1, -0.05) is 49.6 Å². The van der Waals surface area contributed by atoms with Crippen LogP contribution < -0.4 is 21.5 Å². The van der Waals surface area contributed by atoms with Crippen LogP contribution in [0.2, 0.25) is 0 Å². The van der Waals surface area contributed by atoms with Crippen LogP contribution in [0.25, 0.3) is 5.57 Å². The van der Waals surface area contributed by atoms with E-state index in [1.807, 2.05) is 30.4 Å². The van der Waals surface area contributed by atoms with Crippen LogP contribution in [0.3, 0.4) is 0 Å². The number of hydrogen-bond acceptors (Lipinski definition) is 8. The molecule has 5 rings (SSSR count). The van der Waals surface area contributed by atoms with Crippen molar-refractivity contribution in [2.24, 2.45) is 5.92 Å². The second-order valence-corrected chi connectivity index (χ2v) is 12.5. The highest BCUT2D eigenvalue weighted by molar-refractivity contribution is 6.31. The highest BCUT2D eigenvalue weighted by atomic mass is 35.5. The smallest absolute Gasteiger partial charge is 0.407 e. The molecule has 0 radical (unpaired) electrons. The van der Waals surface area contributed by atoms with Gasteiger partial charge >= 0.3 is 6.09 Å². The number of nitrogens with zero attached hydrogens (tertiary/aromatic N) is 3. The van der Waals surface area contributed by atoms with Crippen LogP contribution in [-0.4, -0.2) is 59.8 Å². The molecule has 12 heteroatoms. The monoisotopic (exact) mass is 639 g/mol. The second kappa shape index (κ2) is 14.5. The van der Waals surface area contributed by atoms with E-state index in [4.69, 9.17) is 21.3 Å². The van der Waals surface area contributed by atoms with Crippen LogP contribution in [0.5, 0.6) is 0 Å². The summed E-state index contributed by atoms with van der Waals surface area (Å²) < 4.78 is 19.8. The van der Waals surface area contributed by atoms with E-state index in [1.54, 1.807) is 36.3 Å². The largest absolute Gasteiger partial charge is 0.453 e. The van der Waals surface area contributed by atoms with E-state index in [2.05, 4.69) is 28.4 Å². The minimum atomic E-state index is -0.647. The number of hydrogen-bond donors (Lipinski definition) is 4. The van der Waals surface area contributed by atoms with Gasteiger partial charge in [-0.2, -0.15) is 0 Å². The minimum absolute atomic E-state index is 0.0675. The Labute approximate surface area is 269 Å². The van der Waals surface area contributed by atoms with E-state index in [0.29, 0.717) is 30.2 Å². The molecule has 4 aliphatic rings. The summed E-state index contributed by atoms with van der Waals surface area (Å²) >= 11 is 6.08. The molecule has 3 heterocycles. The number of fused-ring (bicyclic) bond motifs is 3. The molecular weight excluding hydrogens is 597 g/mol. The molecule has 1 aromatic heterocycles. The summed E-state index contributed by atoms with van der Waals surface area (Å²) in [5.74, 6) is -0.176. The van der Waals surface area contributed by atoms with Crippen molar-refractivity contribution in [2.75, 3.05) is 20.7 Å². The number of alkyl carbamates (subject to hydrolysis) is 1. The fraction of sp³-hybridized carbons (Fsp3) is 0.485. The molecule has 0 fully saturated rings. The van der Waals surface area contributed by atoms with Crippen LogP contribution in [0, 0.1) is 5.92 Å². The predicted molar refractivity (Wildman–Crippen MR) is 172 cm³/mol. The Bertz CT molecular complexity index is 1460. The molecule has 0 spiro atoms. The third kappa shape index (κ3) is 7.53. The fourth-order valence-corrected chi connectivity index (χ4v) is 6.63. The summed E-state index contributed by atoms with van der Waals surface area (Å²) in [4.78, 5) is 30.5. The Hall–Kier alpha value is -3.83. The van der Waals surface area contributed by atoms with Gasteiger partial charge in [-0.25, -0.2) is 9.18 Å². The quantitative estimate of drug-likeness (QED) is 0.343. The van der Waals surface area contributed by atoms with E-state index in [-0.39, 0.29) is 23.0 Å². The van der Waals surface area contributed by atoms with Gasteiger partial charge in [-0.15, -0.1) is 5.53 Å². The summed E-state index contributed by atoms with van der Waals surface area (Å²) in [5, 5.41) is 13.1. The second-order valence-electron chi connectivity index (χ2n) is 12.1. The topological polar surface area (TPSA) is 111 Å². The number of carbonyl (C=O) groups excluding carboxylic acids is 2. The van der Waals surface area contributed by atoms with Crippen molar-refractivity contribution in [3.8, 4) is 0 Å². The van der Waals surface area contributed by atoms with Gasteiger partial charge in [-0.05, 0) is 62.3 Å². The standard InChI is InChI=1S/C33H43ClFN7O3/c1-20-8-5-11-26(39-32(43)31-21(2)42(40-41(31)3)29-12-6-10-25(34)30(29)35)28-18-22(15-17-37-28)24-14-13-23(38-33(44)45-4)19-27(24)36-16-7-9-20/h6,10,13-15,17-18,20,23,26,29,36,40H,5,7-9,11-12,16,19H2,1-4H3,(H,38,44)(H,39,43)/t20-,23+,26+,29?/m1/s1. The number of ether oxygens (including phenoxy) is 1. The normalized spacial score (nSPS) is 25.9. The number of aromatic nitrogens is 1. The van der Waals surface area contributed by atoms with E-state index in [9.17, 15) is 14.0 Å². The van der Waals surface area contributed by atoms with Crippen molar-refractivity contribution in [2.45, 2.75) is 76.9 Å². The molecule has 0 saturated carbocycles. The van der Waals surface area contributed by atoms with Gasteiger partial charge in [0, 0.05) is 37.5 Å². The van der Waals surface area contributed by atoms with Crippen molar-refractivity contribution in [1.29, 1.82) is 0 Å². The minimum Gasteiger partial charge on any atom is -0.453 e. The van der Waals surface area contributed by atoms with Crippen LogP contribution in [0.1, 0.15) is 76.1 Å². The summed E-state index contributed by atoms with van der Waals surface area (Å²) in [6, 6.07) is 2.84. The maximum atomic E-state index is 15.0. The lowest BCUT2D eigenvalue weighted by Crippen LogP contribution is -2.46. The number of methoxy groups -OCH3 is 1. The van der Waals surface area contributed by atoms with Gasteiger partial charge in [0.15, 0.2) is 0 Å². The molecule has 0 saturated heterocycles. The van der Waals surface area contributed by atoms with Gasteiger partial charge in [0.2, 0.25) is 0 Å². The summed E-state index contributed by atoms with van der Waals surface area (Å²) in [5.41, 5.74) is 7.95. The zero-order chi connectivity index (χ0) is 32.1. The Morgan fingerprint density at radius 1 is 1.18 bits per heavy atom. The molecule has 242 valence electrons. The molecule has 4 N–H and O–H groups in total. The van der Waals surface area contributed by atoms with Gasteiger partial charge in [0.25, 0.3) is 5.91 Å². The molecule has 0 aromatic carbocycles. The van der Waals surface area contributed by atoms with E-state index in [1.165, 1.54) is 7.11 Å². The van der Waals surface area contributed by atoms with Crippen molar-refractivity contribution < 1.29 is 18.7 Å². The van der Waals surface area contributed by atoms with Gasteiger partial charge in [0.05, 0.1) is 35.6 Å². The first-order valence-electron chi connectivity index (χ1n) is 15.6. The van der Waals surface area contributed by atoms with Crippen molar-refractivity contribution in [3.05, 3.63) is 81.8 Å². The first kappa shape index (κ1) is 32.6. The summed E-state index contributed by atoms with van der Waals surface area (Å²) in [6.07, 6.45) is 14.5. The number of nitrogens with one attached hydrogen (secondary N) is 4. The van der Waals surface area contributed by atoms with Crippen LogP contribution in [0.4, 0.5) is 9.18 Å². The first-order chi connectivity index (χ1) is 21.7. The lowest BCUT2D eigenvalue weighted by Gasteiger charge is -2.30. The molecule has 4 atom stereocenters. The Morgan fingerprint density at radius 2 is 1.98 bits per heavy atom. The maximum absolute atomic E-state index is 15.0. The lowest BCUT2D eigenvalue weighted by molar-refractivity contribution is -0.120. The predicted octanol–water partition coefficient (Wildman–Crippen LogP) is 5.47. The van der Waals surface area contributed by atoms with Crippen LogP contribution in [0.15, 0.2) is 70.6 Å². The highest BCUT2D eigenvalue weighted by Gasteiger charge is 2.36. The van der Waals surface area contributed by atoms with E-state index < -0.39 is 18.0 Å². The third-order valence-corrected chi connectivity index (χ3v) is 9.16. The average Bonchev–Trinajstić information content (AvgIpc) is 3.32. The molecule has 2 amide bonds. The van der Waals surface area contributed by atoms with E-state index in [0.717, 1.165) is 61.2 Å². The van der Waals surface area contributed by atoms with Crippen molar-refractivity contribution in [1.82, 2.24) is 36.5 Å². The number of likely N-dealkylation sites (N-methyl/N-ethyl adjacent to an activating group) is 1. The zero-order valence-electron chi connectivity index (χ0n) is 26.3.